The fourth-order valence-corrected chi connectivity index (χ4v) is 1.57. The van der Waals surface area contributed by atoms with E-state index in [1.165, 1.54) is 0 Å². The monoisotopic (exact) mass is 210 g/mol. The van der Waals surface area contributed by atoms with Crippen LogP contribution in [-0.4, -0.2) is 33.6 Å². The number of aryl methyl sites for hydroxylation is 1. The molecule has 1 heterocycles. The number of hydrogen-bond donors (Lipinski definition) is 1. The molecule has 1 rings (SSSR count). The largest absolute Gasteiger partial charge is 0.337 e. The van der Waals surface area contributed by atoms with Crippen molar-refractivity contribution in [1.29, 1.82) is 0 Å². The second kappa shape index (κ2) is 4.77. The van der Waals surface area contributed by atoms with E-state index in [0.29, 0.717) is 0 Å². The fourth-order valence-electron chi connectivity index (χ4n) is 1.57. The fraction of sp³-hybridized carbons (Fsp3) is 0.727. The van der Waals surface area contributed by atoms with Gasteiger partial charge < -0.3 is 10.3 Å². The lowest BCUT2D eigenvalue weighted by molar-refractivity contribution is 0.240. The minimum atomic E-state index is -0.111. The molecule has 0 aliphatic rings. The average Bonchev–Trinajstić information content (AvgIpc) is 2.51. The Morgan fingerprint density at radius 2 is 2.27 bits per heavy atom. The molecule has 4 heteroatoms. The molecule has 0 saturated carbocycles. The number of aromatic nitrogens is 2. The van der Waals surface area contributed by atoms with Crippen molar-refractivity contribution in [2.45, 2.75) is 32.4 Å². The van der Waals surface area contributed by atoms with Gasteiger partial charge in [-0.05, 0) is 20.4 Å². The number of nitrogens with two attached hydrogens (primary N) is 1. The van der Waals surface area contributed by atoms with E-state index in [1.807, 2.05) is 24.0 Å². The summed E-state index contributed by atoms with van der Waals surface area (Å²) in [5.41, 5.74) is 6.00. The van der Waals surface area contributed by atoms with Crippen LogP contribution in [0.15, 0.2) is 12.4 Å². The molecule has 2 N–H and O–H groups in total. The topological polar surface area (TPSA) is 47.1 Å². The molecule has 0 bridgehead atoms. The first-order valence-electron chi connectivity index (χ1n) is 5.38. The Kier molecular flexibility index (Phi) is 3.88. The molecular weight excluding hydrogens is 188 g/mol. The number of nitrogens with zero attached hydrogens (tertiary/aromatic N) is 3. The van der Waals surface area contributed by atoms with Crippen LogP contribution >= 0.6 is 0 Å². The van der Waals surface area contributed by atoms with Gasteiger partial charge in [0.15, 0.2) is 0 Å². The SMILES string of the molecule is CCC(C)(N)CN(C)Cc1nccn1C. The van der Waals surface area contributed by atoms with Gasteiger partial charge in [0.1, 0.15) is 5.82 Å². The summed E-state index contributed by atoms with van der Waals surface area (Å²) in [5, 5.41) is 0. The summed E-state index contributed by atoms with van der Waals surface area (Å²) >= 11 is 0. The third kappa shape index (κ3) is 3.64. The quantitative estimate of drug-likeness (QED) is 0.788. The van der Waals surface area contributed by atoms with Crippen LogP contribution in [0, 0.1) is 0 Å². The minimum absolute atomic E-state index is 0.111. The maximum absolute atomic E-state index is 6.12. The van der Waals surface area contributed by atoms with Gasteiger partial charge in [-0.2, -0.15) is 0 Å². The first kappa shape index (κ1) is 12.2. The van der Waals surface area contributed by atoms with Crippen LogP contribution in [0.5, 0.6) is 0 Å². The molecule has 0 aliphatic heterocycles. The van der Waals surface area contributed by atoms with Crippen LogP contribution < -0.4 is 5.73 Å². The Morgan fingerprint density at radius 3 is 2.73 bits per heavy atom. The van der Waals surface area contributed by atoms with Crippen LogP contribution in [0.25, 0.3) is 0 Å². The van der Waals surface area contributed by atoms with E-state index in [9.17, 15) is 0 Å². The molecule has 1 aromatic rings. The minimum Gasteiger partial charge on any atom is -0.337 e. The second-order valence-corrected chi connectivity index (χ2v) is 4.63. The van der Waals surface area contributed by atoms with Crippen molar-refractivity contribution in [2.75, 3.05) is 13.6 Å². The Bertz CT molecular complexity index is 303. The summed E-state index contributed by atoms with van der Waals surface area (Å²) in [6, 6.07) is 0. The van der Waals surface area contributed by atoms with E-state index >= 15 is 0 Å². The summed E-state index contributed by atoms with van der Waals surface area (Å²) in [7, 11) is 4.09. The normalized spacial score (nSPS) is 15.6. The first-order valence-corrected chi connectivity index (χ1v) is 5.38. The highest BCUT2D eigenvalue weighted by molar-refractivity contribution is 4.91. The van der Waals surface area contributed by atoms with Gasteiger partial charge in [-0.3, -0.25) is 4.90 Å². The molecule has 0 radical (unpaired) electrons. The van der Waals surface area contributed by atoms with Gasteiger partial charge >= 0.3 is 0 Å². The van der Waals surface area contributed by atoms with Crippen LogP contribution in [0.3, 0.4) is 0 Å². The predicted octanol–water partition coefficient (Wildman–Crippen LogP) is 0.979. The maximum Gasteiger partial charge on any atom is 0.122 e. The van der Waals surface area contributed by atoms with E-state index in [4.69, 9.17) is 5.73 Å². The van der Waals surface area contributed by atoms with Crippen molar-refractivity contribution in [3.8, 4) is 0 Å². The van der Waals surface area contributed by atoms with Crippen molar-refractivity contribution in [2.24, 2.45) is 12.8 Å². The lowest BCUT2D eigenvalue weighted by Crippen LogP contribution is -2.46. The third-order valence-corrected chi connectivity index (χ3v) is 2.77. The summed E-state index contributed by atoms with van der Waals surface area (Å²) < 4.78 is 2.04. The van der Waals surface area contributed by atoms with Gasteiger partial charge in [-0.1, -0.05) is 6.92 Å². The standard InChI is InChI=1S/C11H22N4/c1-5-11(2,12)9-14(3)8-10-13-6-7-15(10)4/h6-7H,5,8-9,12H2,1-4H3. The highest BCUT2D eigenvalue weighted by Crippen LogP contribution is 2.08. The van der Waals surface area contributed by atoms with Gasteiger partial charge in [-0.15, -0.1) is 0 Å². The summed E-state index contributed by atoms with van der Waals surface area (Å²) in [4.78, 5) is 6.51. The molecule has 0 fully saturated rings. The van der Waals surface area contributed by atoms with Crippen LogP contribution in [0.1, 0.15) is 26.1 Å². The lowest BCUT2D eigenvalue weighted by atomic mass is 10.0. The zero-order valence-electron chi connectivity index (χ0n) is 10.2. The smallest absolute Gasteiger partial charge is 0.122 e. The van der Waals surface area contributed by atoms with E-state index in [0.717, 1.165) is 25.3 Å². The molecule has 1 aromatic heterocycles. The zero-order valence-corrected chi connectivity index (χ0v) is 10.2. The zero-order chi connectivity index (χ0) is 11.5. The molecule has 4 nitrogen and oxygen atoms in total. The predicted molar refractivity (Wildman–Crippen MR) is 62.4 cm³/mol. The van der Waals surface area contributed by atoms with Gasteiger partial charge in [0.05, 0.1) is 6.54 Å². The van der Waals surface area contributed by atoms with Crippen molar-refractivity contribution in [3.05, 3.63) is 18.2 Å². The molecule has 0 amide bonds. The molecule has 0 aliphatic carbocycles. The van der Waals surface area contributed by atoms with E-state index in [-0.39, 0.29) is 5.54 Å². The Morgan fingerprint density at radius 1 is 1.60 bits per heavy atom. The average molecular weight is 210 g/mol. The van der Waals surface area contributed by atoms with E-state index in [1.54, 1.807) is 0 Å². The summed E-state index contributed by atoms with van der Waals surface area (Å²) in [6.45, 7) is 5.93. The van der Waals surface area contributed by atoms with Gasteiger partial charge in [0.2, 0.25) is 0 Å². The van der Waals surface area contributed by atoms with Gasteiger partial charge in [-0.25, -0.2) is 4.98 Å². The Balaban J connectivity index is 2.50. The van der Waals surface area contributed by atoms with Crippen LogP contribution in [0.2, 0.25) is 0 Å². The van der Waals surface area contributed by atoms with Gasteiger partial charge in [0.25, 0.3) is 0 Å². The molecule has 15 heavy (non-hydrogen) atoms. The second-order valence-electron chi connectivity index (χ2n) is 4.63. The molecule has 0 saturated heterocycles. The van der Waals surface area contributed by atoms with Crippen molar-refractivity contribution in [3.63, 3.8) is 0 Å². The third-order valence-electron chi connectivity index (χ3n) is 2.77. The van der Waals surface area contributed by atoms with E-state index in [2.05, 4.69) is 30.8 Å². The van der Waals surface area contributed by atoms with E-state index < -0.39 is 0 Å². The number of imidazole rings is 1. The Hall–Kier alpha value is -0.870. The molecule has 0 aromatic carbocycles. The van der Waals surface area contributed by atoms with Crippen molar-refractivity contribution >= 4 is 0 Å². The first-order chi connectivity index (χ1) is 6.94. The van der Waals surface area contributed by atoms with Crippen LogP contribution in [-0.2, 0) is 13.6 Å². The molecular formula is C11H22N4. The van der Waals surface area contributed by atoms with Crippen molar-refractivity contribution < 1.29 is 0 Å². The summed E-state index contributed by atoms with van der Waals surface area (Å²) in [6.07, 6.45) is 4.77. The molecule has 0 spiro atoms. The number of hydrogen-bond acceptors (Lipinski definition) is 3. The molecule has 1 unspecified atom stereocenters. The highest BCUT2D eigenvalue weighted by Gasteiger charge is 2.18. The van der Waals surface area contributed by atoms with Crippen LogP contribution in [0.4, 0.5) is 0 Å². The lowest BCUT2D eigenvalue weighted by Gasteiger charge is -2.28. The van der Waals surface area contributed by atoms with Crippen molar-refractivity contribution in [1.82, 2.24) is 14.5 Å². The van der Waals surface area contributed by atoms with Gasteiger partial charge in [0, 0.05) is 31.5 Å². The maximum atomic E-state index is 6.12. The number of likely N-dealkylation sites (N-methyl/N-ethyl adjacent to an activating group) is 1. The number of rotatable bonds is 5. The molecule has 86 valence electrons. The molecule has 1 atom stereocenters. The Labute approximate surface area is 92.1 Å². The summed E-state index contributed by atoms with van der Waals surface area (Å²) in [5.74, 6) is 1.07. The highest BCUT2D eigenvalue weighted by atomic mass is 15.2.